The monoisotopic (exact) mass is 300 g/mol. The van der Waals surface area contributed by atoms with Crippen molar-refractivity contribution in [2.75, 3.05) is 0 Å². The number of hydrogen-bond donors (Lipinski definition) is 1. The predicted octanol–water partition coefficient (Wildman–Crippen LogP) is 2.29. The average molecular weight is 300 g/mol. The molecule has 0 saturated heterocycles. The van der Waals surface area contributed by atoms with Gasteiger partial charge in [0.2, 0.25) is 11.8 Å². The molecule has 0 aliphatic heterocycles. The fourth-order valence-electron chi connectivity index (χ4n) is 3.01. The van der Waals surface area contributed by atoms with Crippen molar-refractivity contribution >= 4 is 5.91 Å². The molecule has 1 aliphatic rings. The molecule has 0 spiro atoms. The first-order valence-corrected chi connectivity index (χ1v) is 7.69. The van der Waals surface area contributed by atoms with E-state index in [1.165, 1.54) is 0 Å². The van der Waals surface area contributed by atoms with Gasteiger partial charge in [0.05, 0.1) is 0 Å². The molecular weight excluding hydrogens is 280 g/mol. The van der Waals surface area contributed by atoms with Gasteiger partial charge >= 0.3 is 0 Å². The second-order valence-corrected chi connectivity index (χ2v) is 5.84. The predicted molar refractivity (Wildman–Crippen MR) is 79.9 cm³/mol. The summed E-state index contributed by atoms with van der Waals surface area (Å²) >= 11 is 0. The molecule has 1 aliphatic carbocycles. The lowest BCUT2D eigenvalue weighted by atomic mass is 9.96. The normalized spacial score (nSPS) is 16.6. The number of pyridine rings is 1. The van der Waals surface area contributed by atoms with E-state index in [1.807, 2.05) is 12.1 Å². The smallest absolute Gasteiger partial charge is 0.223 e. The second-order valence-electron chi connectivity index (χ2n) is 5.84. The van der Waals surface area contributed by atoms with Gasteiger partial charge in [0.1, 0.15) is 5.54 Å². The zero-order valence-electron chi connectivity index (χ0n) is 12.7. The van der Waals surface area contributed by atoms with E-state index in [1.54, 1.807) is 19.3 Å². The summed E-state index contributed by atoms with van der Waals surface area (Å²) in [5.74, 6) is 1.16. The van der Waals surface area contributed by atoms with Crippen molar-refractivity contribution in [3.63, 3.8) is 0 Å². The number of hydrogen-bond acceptors (Lipinski definition) is 5. The molecule has 2 heterocycles. The first-order chi connectivity index (χ1) is 10.7. The lowest BCUT2D eigenvalue weighted by Crippen LogP contribution is -2.44. The summed E-state index contributed by atoms with van der Waals surface area (Å²) in [7, 11) is 0. The van der Waals surface area contributed by atoms with Crippen LogP contribution in [-0.4, -0.2) is 21.0 Å². The summed E-state index contributed by atoms with van der Waals surface area (Å²) < 4.78 is 5.09. The Balaban J connectivity index is 1.65. The highest BCUT2D eigenvalue weighted by atomic mass is 16.5. The molecule has 0 unspecified atom stereocenters. The van der Waals surface area contributed by atoms with Gasteiger partial charge in [-0.05, 0) is 30.9 Å². The third kappa shape index (κ3) is 3.16. The number of aromatic nitrogens is 3. The lowest BCUT2D eigenvalue weighted by Gasteiger charge is -2.26. The molecule has 3 rings (SSSR count). The van der Waals surface area contributed by atoms with E-state index in [-0.39, 0.29) is 5.91 Å². The van der Waals surface area contributed by atoms with Crippen molar-refractivity contribution in [2.45, 2.75) is 51.0 Å². The van der Waals surface area contributed by atoms with Crippen molar-refractivity contribution in [1.29, 1.82) is 0 Å². The Labute approximate surface area is 129 Å². The van der Waals surface area contributed by atoms with Gasteiger partial charge in [-0.25, -0.2) is 0 Å². The molecule has 1 saturated carbocycles. The lowest BCUT2D eigenvalue weighted by molar-refractivity contribution is -0.123. The van der Waals surface area contributed by atoms with Crippen molar-refractivity contribution in [3.8, 4) is 0 Å². The Hall–Kier alpha value is -2.24. The molecule has 6 nitrogen and oxygen atoms in total. The number of nitrogens with zero attached hydrogens (tertiary/aromatic N) is 3. The van der Waals surface area contributed by atoms with E-state index < -0.39 is 5.54 Å². The van der Waals surface area contributed by atoms with Gasteiger partial charge in [0, 0.05) is 25.7 Å². The molecule has 22 heavy (non-hydrogen) atoms. The van der Waals surface area contributed by atoms with Gasteiger partial charge in [0.15, 0.2) is 5.82 Å². The van der Waals surface area contributed by atoms with Crippen LogP contribution in [0.3, 0.4) is 0 Å². The third-order valence-electron chi connectivity index (χ3n) is 4.15. The molecule has 0 atom stereocenters. The van der Waals surface area contributed by atoms with E-state index in [0.717, 1.165) is 31.2 Å². The highest BCUT2D eigenvalue weighted by Gasteiger charge is 2.41. The molecule has 0 radical (unpaired) electrons. The van der Waals surface area contributed by atoms with Crippen molar-refractivity contribution in [1.82, 2.24) is 20.4 Å². The van der Waals surface area contributed by atoms with Gasteiger partial charge in [-0.2, -0.15) is 4.98 Å². The molecule has 1 fully saturated rings. The summed E-state index contributed by atoms with van der Waals surface area (Å²) in [5.41, 5.74) is 0.609. The SMILES string of the molecule is Cc1nc(C2(NC(=O)CCc3cccnc3)CCCC2)no1. The Bertz CT molecular complexity index is 633. The number of nitrogens with one attached hydrogen (secondary N) is 1. The average Bonchev–Trinajstić information content (AvgIpc) is 3.16. The van der Waals surface area contributed by atoms with Crippen LogP contribution in [0.1, 0.15) is 49.4 Å². The van der Waals surface area contributed by atoms with Crippen LogP contribution in [0.25, 0.3) is 0 Å². The van der Waals surface area contributed by atoms with Crippen LogP contribution in [-0.2, 0) is 16.8 Å². The number of amides is 1. The minimum atomic E-state index is -0.455. The highest BCUT2D eigenvalue weighted by molar-refractivity contribution is 5.77. The van der Waals surface area contributed by atoms with Gasteiger partial charge in [0.25, 0.3) is 0 Å². The van der Waals surface area contributed by atoms with Gasteiger partial charge in [-0.3, -0.25) is 9.78 Å². The van der Waals surface area contributed by atoms with Crippen LogP contribution in [0.15, 0.2) is 29.0 Å². The summed E-state index contributed by atoms with van der Waals surface area (Å²) in [6.07, 6.45) is 8.50. The van der Waals surface area contributed by atoms with E-state index in [9.17, 15) is 4.79 Å². The zero-order valence-corrected chi connectivity index (χ0v) is 12.7. The van der Waals surface area contributed by atoms with Crippen LogP contribution < -0.4 is 5.32 Å². The summed E-state index contributed by atoms with van der Waals surface area (Å²) in [5, 5.41) is 7.18. The van der Waals surface area contributed by atoms with Gasteiger partial charge in [-0.1, -0.05) is 24.1 Å². The molecule has 0 aromatic carbocycles. The van der Waals surface area contributed by atoms with Crippen LogP contribution in [0.5, 0.6) is 0 Å². The van der Waals surface area contributed by atoms with E-state index in [0.29, 0.717) is 24.6 Å². The quantitative estimate of drug-likeness (QED) is 0.916. The topological polar surface area (TPSA) is 80.9 Å². The second kappa shape index (κ2) is 6.25. The van der Waals surface area contributed by atoms with Crippen LogP contribution in [0, 0.1) is 6.92 Å². The summed E-state index contributed by atoms with van der Waals surface area (Å²) in [6.45, 7) is 1.77. The van der Waals surface area contributed by atoms with Crippen LogP contribution in [0.4, 0.5) is 0 Å². The molecule has 2 aromatic rings. The maximum Gasteiger partial charge on any atom is 0.223 e. The molecule has 6 heteroatoms. The fraction of sp³-hybridized carbons (Fsp3) is 0.500. The fourth-order valence-corrected chi connectivity index (χ4v) is 3.01. The van der Waals surface area contributed by atoms with Crippen molar-refractivity contribution in [2.24, 2.45) is 0 Å². The maximum atomic E-state index is 12.3. The van der Waals surface area contributed by atoms with Gasteiger partial charge < -0.3 is 9.84 Å². The Kier molecular flexibility index (Phi) is 4.18. The molecule has 116 valence electrons. The molecule has 2 aromatic heterocycles. The number of aryl methyl sites for hydroxylation is 2. The standard InChI is InChI=1S/C16H20N4O2/c1-12-18-15(20-22-12)16(8-2-3-9-16)19-14(21)7-6-13-5-4-10-17-11-13/h4-5,10-11H,2-3,6-9H2,1H3,(H,19,21). The minimum absolute atomic E-state index is 0.0215. The van der Waals surface area contributed by atoms with Crippen LogP contribution in [0.2, 0.25) is 0 Å². The molecule has 0 bridgehead atoms. The Morgan fingerprint density at radius 2 is 2.23 bits per heavy atom. The van der Waals surface area contributed by atoms with E-state index in [2.05, 4.69) is 20.4 Å². The summed E-state index contributed by atoms with van der Waals surface area (Å²) in [4.78, 5) is 20.7. The first kappa shape index (κ1) is 14.7. The van der Waals surface area contributed by atoms with Crippen LogP contribution >= 0.6 is 0 Å². The number of carbonyl (C=O) groups excluding carboxylic acids is 1. The molecular formula is C16H20N4O2. The minimum Gasteiger partial charge on any atom is -0.343 e. The largest absolute Gasteiger partial charge is 0.343 e. The summed E-state index contributed by atoms with van der Waals surface area (Å²) in [6, 6.07) is 3.86. The molecule has 1 N–H and O–H groups in total. The number of rotatable bonds is 5. The van der Waals surface area contributed by atoms with E-state index in [4.69, 9.17) is 4.52 Å². The zero-order chi connectivity index (χ0) is 15.4. The Morgan fingerprint density at radius 3 is 2.86 bits per heavy atom. The highest BCUT2D eigenvalue weighted by Crippen LogP contribution is 2.37. The Morgan fingerprint density at radius 1 is 1.41 bits per heavy atom. The number of carbonyl (C=O) groups is 1. The first-order valence-electron chi connectivity index (χ1n) is 7.69. The van der Waals surface area contributed by atoms with Crippen molar-refractivity contribution in [3.05, 3.63) is 41.8 Å². The maximum absolute atomic E-state index is 12.3. The van der Waals surface area contributed by atoms with Crippen molar-refractivity contribution < 1.29 is 9.32 Å². The third-order valence-corrected chi connectivity index (χ3v) is 4.15. The van der Waals surface area contributed by atoms with Gasteiger partial charge in [-0.15, -0.1) is 0 Å². The van der Waals surface area contributed by atoms with E-state index >= 15 is 0 Å². The molecule has 1 amide bonds.